The third kappa shape index (κ3) is 5.95. The van der Waals surface area contributed by atoms with Gasteiger partial charge in [-0.3, -0.25) is 9.59 Å². The van der Waals surface area contributed by atoms with E-state index in [-0.39, 0.29) is 11.8 Å². The van der Waals surface area contributed by atoms with Crippen molar-refractivity contribution in [1.29, 1.82) is 0 Å². The molecule has 116 valence electrons. The van der Waals surface area contributed by atoms with Crippen LogP contribution < -0.4 is 11.1 Å². The molecule has 1 atom stereocenters. The number of unbranched alkanes of at least 4 members (excludes halogenated alkanes) is 1. The zero-order valence-electron chi connectivity index (χ0n) is 13.1. The minimum Gasteiger partial charge on any atom is -0.342 e. The van der Waals surface area contributed by atoms with Gasteiger partial charge in [0.1, 0.15) is 0 Å². The SMILES string of the molecule is CCCCC(N)C(=O)Nc1cccc(CN(C)C(C)=O)c1. The van der Waals surface area contributed by atoms with Crippen molar-refractivity contribution in [2.45, 2.75) is 45.7 Å². The molecular weight excluding hydrogens is 266 g/mol. The van der Waals surface area contributed by atoms with E-state index in [4.69, 9.17) is 5.73 Å². The number of anilines is 1. The largest absolute Gasteiger partial charge is 0.342 e. The molecule has 0 saturated heterocycles. The highest BCUT2D eigenvalue weighted by Crippen LogP contribution is 2.13. The van der Waals surface area contributed by atoms with Gasteiger partial charge in [0.2, 0.25) is 11.8 Å². The van der Waals surface area contributed by atoms with E-state index in [9.17, 15) is 9.59 Å². The van der Waals surface area contributed by atoms with Crippen molar-refractivity contribution in [3.8, 4) is 0 Å². The molecule has 3 N–H and O–H groups in total. The highest BCUT2D eigenvalue weighted by atomic mass is 16.2. The number of hydrogen-bond donors (Lipinski definition) is 2. The number of hydrogen-bond acceptors (Lipinski definition) is 3. The number of amides is 2. The zero-order chi connectivity index (χ0) is 15.8. The zero-order valence-corrected chi connectivity index (χ0v) is 13.1. The van der Waals surface area contributed by atoms with Gasteiger partial charge in [0.25, 0.3) is 0 Å². The Bertz CT molecular complexity index is 488. The fourth-order valence-corrected chi connectivity index (χ4v) is 1.92. The lowest BCUT2D eigenvalue weighted by Crippen LogP contribution is -2.35. The minimum atomic E-state index is -0.478. The molecule has 0 fully saturated rings. The Morgan fingerprint density at radius 1 is 1.38 bits per heavy atom. The smallest absolute Gasteiger partial charge is 0.241 e. The van der Waals surface area contributed by atoms with Crippen LogP contribution in [0.5, 0.6) is 0 Å². The number of rotatable bonds is 7. The molecule has 5 nitrogen and oxygen atoms in total. The van der Waals surface area contributed by atoms with E-state index in [2.05, 4.69) is 12.2 Å². The molecular formula is C16H25N3O2. The summed E-state index contributed by atoms with van der Waals surface area (Å²) in [7, 11) is 1.74. The molecule has 0 spiro atoms. The molecule has 0 aliphatic rings. The summed E-state index contributed by atoms with van der Waals surface area (Å²) in [5.41, 5.74) is 7.52. The van der Waals surface area contributed by atoms with Crippen LogP contribution in [-0.4, -0.2) is 29.8 Å². The first-order valence-corrected chi connectivity index (χ1v) is 7.31. The summed E-state index contributed by atoms with van der Waals surface area (Å²) < 4.78 is 0. The minimum absolute atomic E-state index is 0.00558. The molecule has 0 saturated carbocycles. The summed E-state index contributed by atoms with van der Waals surface area (Å²) in [6, 6.07) is 6.99. The van der Waals surface area contributed by atoms with E-state index in [1.807, 2.05) is 24.3 Å². The number of nitrogens with one attached hydrogen (secondary N) is 1. The van der Waals surface area contributed by atoms with E-state index in [0.717, 1.165) is 18.4 Å². The topological polar surface area (TPSA) is 75.4 Å². The second-order valence-electron chi connectivity index (χ2n) is 5.31. The molecule has 1 aromatic rings. The predicted octanol–water partition coefficient (Wildman–Crippen LogP) is 2.12. The molecule has 5 heteroatoms. The third-order valence-corrected chi connectivity index (χ3v) is 3.36. The van der Waals surface area contributed by atoms with E-state index in [1.165, 1.54) is 6.92 Å². The van der Waals surface area contributed by atoms with Crippen molar-refractivity contribution >= 4 is 17.5 Å². The number of nitrogens with two attached hydrogens (primary N) is 1. The normalized spacial score (nSPS) is 11.8. The number of carbonyl (C=O) groups excluding carboxylic acids is 2. The monoisotopic (exact) mass is 291 g/mol. The number of nitrogens with zero attached hydrogens (tertiary/aromatic N) is 1. The van der Waals surface area contributed by atoms with Gasteiger partial charge in [-0.15, -0.1) is 0 Å². The summed E-state index contributed by atoms with van der Waals surface area (Å²) in [5, 5.41) is 2.83. The maximum absolute atomic E-state index is 12.0. The lowest BCUT2D eigenvalue weighted by atomic mass is 10.1. The summed E-state index contributed by atoms with van der Waals surface area (Å²) in [6.07, 6.45) is 2.65. The standard InChI is InChI=1S/C16H25N3O2/c1-4-5-9-15(17)16(21)18-14-8-6-7-13(10-14)11-19(3)12(2)20/h6-8,10,15H,4-5,9,11,17H2,1-3H3,(H,18,21). The average molecular weight is 291 g/mol. The Hall–Kier alpha value is -1.88. The van der Waals surface area contributed by atoms with Gasteiger partial charge in [-0.2, -0.15) is 0 Å². The Morgan fingerprint density at radius 3 is 2.71 bits per heavy atom. The van der Waals surface area contributed by atoms with Crippen LogP contribution in [0.15, 0.2) is 24.3 Å². The maximum Gasteiger partial charge on any atom is 0.241 e. The predicted molar refractivity (Wildman–Crippen MR) is 84.7 cm³/mol. The summed E-state index contributed by atoms with van der Waals surface area (Å²) in [6.45, 7) is 4.11. The molecule has 2 amide bonds. The quantitative estimate of drug-likeness (QED) is 0.808. The molecule has 0 aliphatic heterocycles. The number of carbonyl (C=O) groups is 2. The van der Waals surface area contributed by atoms with Crippen molar-refractivity contribution < 1.29 is 9.59 Å². The Balaban J connectivity index is 2.63. The highest BCUT2D eigenvalue weighted by molar-refractivity contribution is 5.94. The molecule has 1 unspecified atom stereocenters. The van der Waals surface area contributed by atoms with Gasteiger partial charge in [0.05, 0.1) is 6.04 Å². The Kier molecular flexibility index (Phi) is 6.88. The van der Waals surface area contributed by atoms with Crippen molar-refractivity contribution in [2.24, 2.45) is 5.73 Å². The highest BCUT2D eigenvalue weighted by Gasteiger charge is 2.13. The van der Waals surface area contributed by atoms with Crippen LogP contribution in [0.2, 0.25) is 0 Å². The molecule has 0 aliphatic carbocycles. The Labute approximate surface area is 126 Å². The molecule has 0 aromatic heterocycles. The Morgan fingerprint density at radius 2 is 2.10 bits per heavy atom. The first-order valence-electron chi connectivity index (χ1n) is 7.31. The molecule has 0 bridgehead atoms. The van der Waals surface area contributed by atoms with Crippen LogP contribution in [0, 0.1) is 0 Å². The van der Waals surface area contributed by atoms with Crippen LogP contribution in [0.1, 0.15) is 38.7 Å². The van der Waals surface area contributed by atoms with Crippen LogP contribution in [-0.2, 0) is 16.1 Å². The molecule has 0 heterocycles. The molecule has 21 heavy (non-hydrogen) atoms. The van der Waals surface area contributed by atoms with Crippen LogP contribution in [0.3, 0.4) is 0 Å². The van der Waals surface area contributed by atoms with E-state index in [1.54, 1.807) is 11.9 Å². The van der Waals surface area contributed by atoms with Gasteiger partial charge in [-0.05, 0) is 24.1 Å². The van der Waals surface area contributed by atoms with Gasteiger partial charge in [-0.1, -0.05) is 31.9 Å². The van der Waals surface area contributed by atoms with Gasteiger partial charge in [0, 0.05) is 26.2 Å². The van der Waals surface area contributed by atoms with E-state index >= 15 is 0 Å². The van der Waals surface area contributed by atoms with Crippen molar-refractivity contribution in [2.75, 3.05) is 12.4 Å². The lowest BCUT2D eigenvalue weighted by molar-refractivity contribution is -0.128. The van der Waals surface area contributed by atoms with E-state index < -0.39 is 6.04 Å². The lowest BCUT2D eigenvalue weighted by Gasteiger charge is -2.16. The van der Waals surface area contributed by atoms with Crippen LogP contribution in [0.25, 0.3) is 0 Å². The second kappa shape index (κ2) is 8.42. The van der Waals surface area contributed by atoms with Gasteiger partial charge >= 0.3 is 0 Å². The summed E-state index contributed by atoms with van der Waals surface area (Å²) in [5.74, 6) is -0.161. The van der Waals surface area contributed by atoms with Gasteiger partial charge in [-0.25, -0.2) is 0 Å². The van der Waals surface area contributed by atoms with Crippen molar-refractivity contribution in [1.82, 2.24) is 4.90 Å². The van der Waals surface area contributed by atoms with Gasteiger partial charge in [0.15, 0.2) is 0 Å². The fourth-order valence-electron chi connectivity index (χ4n) is 1.92. The summed E-state index contributed by atoms with van der Waals surface area (Å²) >= 11 is 0. The van der Waals surface area contributed by atoms with Crippen LogP contribution >= 0.6 is 0 Å². The molecule has 1 aromatic carbocycles. The second-order valence-corrected chi connectivity index (χ2v) is 5.31. The fraction of sp³-hybridized carbons (Fsp3) is 0.500. The first kappa shape index (κ1) is 17.2. The summed E-state index contributed by atoms with van der Waals surface area (Å²) in [4.78, 5) is 24.8. The average Bonchev–Trinajstić information content (AvgIpc) is 2.44. The maximum atomic E-state index is 12.0. The van der Waals surface area contributed by atoms with Gasteiger partial charge < -0.3 is 16.0 Å². The number of benzene rings is 1. The third-order valence-electron chi connectivity index (χ3n) is 3.36. The van der Waals surface area contributed by atoms with Crippen molar-refractivity contribution in [3.05, 3.63) is 29.8 Å². The molecule has 0 radical (unpaired) electrons. The first-order chi connectivity index (χ1) is 9.93. The van der Waals surface area contributed by atoms with Crippen LogP contribution in [0.4, 0.5) is 5.69 Å². The van der Waals surface area contributed by atoms with E-state index in [0.29, 0.717) is 18.7 Å². The molecule has 1 rings (SSSR count). The van der Waals surface area contributed by atoms with Crippen molar-refractivity contribution in [3.63, 3.8) is 0 Å².